The number of aliphatic imine (C=N–C) groups is 1. The number of esters is 1. The van der Waals surface area contributed by atoms with Crippen LogP contribution in [0.4, 0.5) is 13.6 Å². The van der Waals surface area contributed by atoms with Gasteiger partial charge in [0.05, 0.1) is 23.9 Å². The van der Waals surface area contributed by atoms with Gasteiger partial charge in [-0.15, -0.1) is 0 Å². The van der Waals surface area contributed by atoms with Gasteiger partial charge in [-0.05, 0) is 73.3 Å². The third-order valence-electron chi connectivity index (χ3n) is 8.26. The fourth-order valence-electron chi connectivity index (χ4n) is 5.07. The minimum atomic E-state index is -1.47. The highest BCUT2D eigenvalue weighted by Gasteiger charge is 2.80. The summed E-state index contributed by atoms with van der Waals surface area (Å²) in [6, 6.07) is 2.52. The van der Waals surface area contributed by atoms with Gasteiger partial charge in [-0.1, -0.05) is 24.8 Å². The Labute approximate surface area is 226 Å². The number of halogens is 2. The van der Waals surface area contributed by atoms with Gasteiger partial charge in [-0.25, -0.2) is 13.6 Å². The van der Waals surface area contributed by atoms with E-state index in [1.165, 1.54) is 13.2 Å². The Bertz CT molecular complexity index is 1220. The highest BCUT2D eigenvalue weighted by atomic mass is 32.2. The second-order valence-electron chi connectivity index (χ2n) is 12.5. The van der Waals surface area contributed by atoms with Crippen LogP contribution in [0.3, 0.4) is 0 Å². The molecule has 0 radical (unpaired) electrons. The Hall–Kier alpha value is -2.18. The van der Waals surface area contributed by atoms with E-state index in [9.17, 15) is 9.59 Å². The molecule has 1 N–H and O–H groups in total. The first-order valence-electron chi connectivity index (χ1n) is 12.4. The Morgan fingerprint density at radius 2 is 1.66 bits per heavy atom. The maximum Gasteiger partial charge on any atom is 0.494 e. The van der Waals surface area contributed by atoms with E-state index in [2.05, 4.69) is 5.32 Å². The molecule has 12 heteroatoms. The van der Waals surface area contributed by atoms with Gasteiger partial charge >= 0.3 is 19.2 Å². The van der Waals surface area contributed by atoms with E-state index in [0.29, 0.717) is 0 Å². The van der Waals surface area contributed by atoms with Crippen molar-refractivity contribution in [3.63, 3.8) is 0 Å². The molecule has 0 aromatic heterocycles. The zero-order chi connectivity index (χ0) is 28.7. The maximum absolute atomic E-state index is 15.6. The van der Waals surface area contributed by atoms with Crippen LogP contribution in [-0.2, 0) is 29.1 Å². The van der Waals surface area contributed by atoms with Crippen molar-refractivity contribution in [2.75, 3.05) is 7.11 Å². The zero-order valence-corrected chi connectivity index (χ0v) is 24.3. The number of ether oxygens (including phenoxy) is 2. The van der Waals surface area contributed by atoms with E-state index >= 15 is 8.78 Å². The number of fused-ring (bicyclic) bond motifs is 1. The molecule has 2 fully saturated rings. The van der Waals surface area contributed by atoms with Crippen LogP contribution < -0.4 is 10.8 Å². The predicted octanol–water partition coefficient (Wildman–Crippen LogP) is 4.43. The summed E-state index contributed by atoms with van der Waals surface area (Å²) in [5.41, 5.74) is -4.41. The van der Waals surface area contributed by atoms with Gasteiger partial charge < -0.3 is 18.8 Å². The molecular weight excluding hydrogens is 517 g/mol. The summed E-state index contributed by atoms with van der Waals surface area (Å²) in [7, 11) is 0.315. The molecule has 0 spiro atoms. The molecule has 2 aliphatic heterocycles. The topological polar surface area (TPSA) is 95.5 Å². The third kappa shape index (κ3) is 4.32. The van der Waals surface area contributed by atoms with Crippen molar-refractivity contribution in [3.05, 3.63) is 29.3 Å². The molecule has 1 aromatic carbocycles. The van der Waals surface area contributed by atoms with E-state index in [4.69, 9.17) is 23.8 Å². The van der Waals surface area contributed by atoms with Crippen LogP contribution in [0, 0.1) is 17.0 Å². The number of methoxy groups -OCH3 is 1. The zero-order valence-electron chi connectivity index (χ0n) is 23.5. The highest BCUT2D eigenvalue weighted by molar-refractivity contribution is 8.16. The number of amides is 1. The lowest BCUT2D eigenvalue weighted by molar-refractivity contribution is -0.142. The van der Waals surface area contributed by atoms with Crippen molar-refractivity contribution in [1.82, 2.24) is 5.32 Å². The van der Waals surface area contributed by atoms with Crippen molar-refractivity contribution < 1.29 is 37.2 Å². The lowest BCUT2D eigenvalue weighted by atomic mass is 9.71. The van der Waals surface area contributed by atoms with E-state index < -0.39 is 63.3 Å². The largest absolute Gasteiger partial charge is 0.494 e. The standard InChI is InChI=1S/C26H35BF2N2O6S/c1-21(2,3)35-20(33)30-19-31-25(9,24(8)13-26(24,38-19)18(32)34-10)15-11-14(12-16(28)17(15)29)27-36-22(4,5)23(6,7)37-27/h11-12H,13H2,1-10H3,(H,30,31,33)/t24-,25+,26+/m0/s1. The summed E-state index contributed by atoms with van der Waals surface area (Å²) in [5, 5.41) is 2.63. The second kappa shape index (κ2) is 8.66. The number of carbonyl (C=O) groups excluding carboxylic acids is 2. The predicted molar refractivity (Wildman–Crippen MR) is 141 cm³/mol. The number of benzene rings is 1. The third-order valence-corrected chi connectivity index (χ3v) is 9.76. The number of nitrogens with one attached hydrogen (secondary N) is 1. The van der Waals surface area contributed by atoms with Crippen molar-refractivity contribution in [1.29, 1.82) is 0 Å². The van der Waals surface area contributed by atoms with E-state index in [1.807, 2.05) is 27.7 Å². The number of carbonyl (C=O) groups is 2. The number of hydrogen-bond donors (Lipinski definition) is 1. The van der Waals surface area contributed by atoms with Gasteiger partial charge in [-0.3, -0.25) is 15.1 Å². The lowest BCUT2D eigenvalue weighted by Gasteiger charge is -2.40. The van der Waals surface area contributed by atoms with Crippen LogP contribution in [0.15, 0.2) is 17.1 Å². The summed E-state index contributed by atoms with van der Waals surface area (Å²) in [6.45, 7) is 16.0. The number of nitrogens with zero attached hydrogens (tertiary/aromatic N) is 1. The van der Waals surface area contributed by atoms with Crippen molar-refractivity contribution >= 4 is 41.6 Å². The second-order valence-corrected chi connectivity index (χ2v) is 13.8. The highest BCUT2D eigenvalue weighted by Crippen LogP contribution is 2.75. The number of amidine groups is 1. The van der Waals surface area contributed by atoms with Gasteiger partial charge in [-0.2, -0.15) is 0 Å². The average molecular weight is 552 g/mol. The summed E-state index contributed by atoms with van der Waals surface area (Å²) < 4.78 is 52.2. The quantitative estimate of drug-likeness (QED) is 0.438. The minimum absolute atomic E-state index is 0.0444. The number of hydrogen-bond acceptors (Lipinski definition) is 8. The average Bonchev–Trinajstić information content (AvgIpc) is 3.33. The van der Waals surface area contributed by atoms with Crippen LogP contribution in [0.2, 0.25) is 0 Å². The molecule has 208 valence electrons. The SMILES string of the molecule is COC(=O)[C@]12C[C@@]1(C)[C@@](C)(c1cc(B3OC(C)(C)C(C)(C)O3)cc(F)c1F)N=C(NC(=O)OC(C)(C)C)S2. The fraction of sp³-hybridized carbons (Fsp3) is 0.654. The molecular formula is C26H35BF2N2O6S. The molecule has 3 atom stereocenters. The monoisotopic (exact) mass is 552 g/mol. The molecule has 38 heavy (non-hydrogen) atoms. The normalized spacial score (nSPS) is 31.3. The molecule has 1 saturated carbocycles. The molecule has 4 rings (SSSR count). The van der Waals surface area contributed by atoms with E-state index in [0.717, 1.165) is 17.8 Å². The summed E-state index contributed by atoms with van der Waals surface area (Å²) in [5.74, 6) is -2.75. The molecule has 0 unspecified atom stereocenters. The minimum Gasteiger partial charge on any atom is -0.468 e. The van der Waals surface area contributed by atoms with Gasteiger partial charge in [0.15, 0.2) is 16.8 Å². The number of alkyl carbamates (subject to hydrolysis) is 1. The van der Waals surface area contributed by atoms with Crippen molar-refractivity contribution in [3.8, 4) is 0 Å². The molecule has 1 amide bonds. The number of thioether (sulfide) groups is 1. The van der Waals surface area contributed by atoms with Gasteiger partial charge in [0.1, 0.15) is 10.3 Å². The maximum atomic E-state index is 15.6. The Morgan fingerprint density at radius 3 is 2.18 bits per heavy atom. The van der Waals surface area contributed by atoms with Gasteiger partial charge in [0.2, 0.25) is 0 Å². The van der Waals surface area contributed by atoms with Gasteiger partial charge in [0.25, 0.3) is 0 Å². The smallest absolute Gasteiger partial charge is 0.468 e. The van der Waals surface area contributed by atoms with Crippen LogP contribution >= 0.6 is 11.8 Å². The number of rotatable bonds is 3. The first kappa shape index (κ1) is 28.8. The molecule has 1 saturated heterocycles. The molecule has 1 aliphatic carbocycles. The molecule has 1 aromatic rings. The van der Waals surface area contributed by atoms with Crippen molar-refractivity contribution in [2.45, 2.75) is 95.8 Å². The van der Waals surface area contributed by atoms with Crippen LogP contribution in [0.1, 0.15) is 74.3 Å². The Morgan fingerprint density at radius 1 is 1.08 bits per heavy atom. The molecule has 2 heterocycles. The fourth-order valence-corrected chi connectivity index (χ4v) is 6.71. The first-order valence-corrected chi connectivity index (χ1v) is 13.3. The first-order chi connectivity index (χ1) is 17.2. The molecule has 0 bridgehead atoms. The van der Waals surface area contributed by atoms with Crippen LogP contribution in [0.5, 0.6) is 0 Å². The summed E-state index contributed by atoms with van der Waals surface area (Å²) in [4.78, 5) is 30.3. The molecule has 3 aliphatic rings. The van der Waals surface area contributed by atoms with Gasteiger partial charge in [0, 0.05) is 11.0 Å². The van der Waals surface area contributed by atoms with Crippen LogP contribution in [0.25, 0.3) is 0 Å². The van der Waals surface area contributed by atoms with Crippen LogP contribution in [-0.4, -0.2) is 53.0 Å². The molecule has 8 nitrogen and oxygen atoms in total. The van der Waals surface area contributed by atoms with Crippen molar-refractivity contribution in [2.24, 2.45) is 10.4 Å². The summed E-state index contributed by atoms with van der Waals surface area (Å²) in [6.07, 6.45) is -0.522. The lowest BCUT2D eigenvalue weighted by Crippen LogP contribution is -2.48. The van der Waals surface area contributed by atoms with E-state index in [-0.39, 0.29) is 22.6 Å². The van der Waals surface area contributed by atoms with E-state index in [1.54, 1.807) is 34.6 Å². The Balaban J connectivity index is 1.83. The summed E-state index contributed by atoms with van der Waals surface area (Å²) >= 11 is 1.03. The Kier molecular flexibility index (Phi) is 6.57.